The highest BCUT2D eigenvalue weighted by Gasteiger charge is 2.34. The van der Waals surface area contributed by atoms with E-state index in [1.165, 1.54) is 0 Å². The molecule has 1 atom stereocenters. The average Bonchev–Trinajstić information content (AvgIpc) is 2.76. The Balaban J connectivity index is 1.40. The highest BCUT2D eigenvalue weighted by molar-refractivity contribution is 5.86. The molecule has 0 fully saturated rings. The second-order valence-corrected chi connectivity index (χ2v) is 7.58. The molecule has 1 aliphatic carbocycles. The number of methoxy groups -OCH3 is 1. The van der Waals surface area contributed by atoms with Gasteiger partial charge in [0, 0.05) is 6.54 Å². The van der Waals surface area contributed by atoms with E-state index in [1.807, 2.05) is 42.5 Å². The number of ether oxygens (including phenoxy) is 1. The second kappa shape index (κ2) is 8.13. The first-order valence-electron chi connectivity index (χ1n) is 9.97. The Bertz CT molecular complexity index is 1030. The summed E-state index contributed by atoms with van der Waals surface area (Å²) in [4.78, 5) is 12.4. The smallest absolute Gasteiger partial charge is 0.315 e. The number of carbonyl (C=O) groups is 1. The zero-order valence-electron chi connectivity index (χ0n) is 16.6. The zero-order chi connectivity index (χ0) is 20.3. The lowest BCUT2D eigenvalue weighted by atomic mass is 9.79. The highest BCUT2D eigenvalue weighted by atomic mass is 16.5. The Labute approximate surface area is 170 Å². The molecule has 5 nitrogen and oxygen atoms in total. The van der Waals surface area contributed by atoms with Gasteiger partial charge in [-0.3, -0.25) is 0 Å². The summed E-state index contributed by atoms with van der Waals surface area (Å²) in [5.74, 6) is 0.786. The van der Waals surface area contributed by atoms with E-state index in [-0.39, 0.29) is 12.6 Å². The summed E-state index contributed by atoms with van der Waals surface area (Å²) < 4.78 is 5.29. The molecule has 5 heteroatoms. The molecule has 3 aromatic carbocycles. The fourth-order valence-corrected chi connectivity index (χ4v) is 4.16. The van der Waals surface area contributed by atoms with Gasteiger partial charge in [-0.05, 0) is 58.9 Å². The van der Waals surface area contributed by atoms with E-state index >= 15 is 0 Å². The molecule has 4 rings (SSSR count). The summed E-state index contributed by atoms with van der Waals surface area (Å²) in [5.41, 5.74) is 1.96. The van der Waals surface area contributed by atoms with Gasteiger partial charge >= 0.3 is 6.03 Å². The van der Waals surface area contributed by atoms with Crippen LogP contribution in [-0.2, 0) is 18.6 Å². The Hall–Kier alpha value is -3.05. The standard InChI is InChI=1S/C24H26N2O3/c1-29-20-11-12-22-18(14-20)9-5-13-24(22,28)16-26-23(27)25-15-19-8-4-7-17-6-2-3-10-21(17)19/h2-4,6-8,10-12,14,28H,5,9,13,15-16H2,1H3,(H2,25,26,27). The predicted octanol–water partition coefficient (Wildman–Crippen LogP) is 3.87. The first-order valence-corrected chi connectivity index (χ1v) is 9.97. The summed E-state index contributed by atoms with van der Waals surface area (Å²) in [6.07, 6.45) is 2.40. The molecule has 2 amide bonds. The van der Waals surface area contributed by atoms with Crippen LogP contribution in [0.2, 0.25) is 0 Å². The van der Waals surface area contributed by atoms with Crippen molar-refractivity contribution in [2.45, 2.75) is 31.4 Å². The van der Waals surface area contributed by atoms with Crippen LogP contribution in [0.25, 0.3) is 10.8 Å². The topological polar surface area (TPSA) is 70.6 Å². The molecule has 1 unspecified atom stereocenters. The van der Waals surface area contributed by atoms with Gasteiger partial charge < -0.3 is 20.5 Å². The van der Waals surface area contributed by atoms with E-state index in [4.69, 9.17) is 4.74 Å². The molecule has 0 heterocycles. The quantitative estimate of drug-likeness (QED) is 0.619. The lowest BCUT2D eigenvalue weighted by Crippen LogP contribution is -2.46. The molecule has 150 valence electrons. The Morgan fingerprint density at radius 3 is 2.79 bits per heavy atom. The molecular weight excluding hydrogens is 364 g/mol. The van der Waals surface area contributed by atoms with Gasteiger partial charge in [0.25, 0.3) is 0 Å². The van der Waals surface area contributed by atoms with Crippen LogP contribution in [0.15, 0.2) is 60.7 Å². The Morgan fingerprint density at radius 2 is 1.93 bits per heavy atom. The molecule has 0 aliphatic heterocycles. The number of aliphatic hydroxyl groups is 1. The summed E-state index contributed by atoms with van der Waals surface area (Å²) in [6, 6.07) is 19.6. The number of carbonyl (C=O) groups excluding carboxylic acids is 1. The normalized spacial score (nSPS) is 18.1. The molecule has 3 N–H and O–H groups in total. The van der Waals surface area contributed by atoms with Crippen molar-refractivity contribution >= 4 is 16.8 Å². The van der Waals surface area contributed by atoms with E-state index in [2.05, 4.69) is 28.8 Å². The first-order chi connectivity index (χ1) is 14.1. The lowest BCUT2D eigenvalue weighted by molar-refractivity contribution is 0.0216. The van der Waals surface area contributed by atoms with Crippen LogP contribution < -0.4 is 15.4 Å². The fourth-order valence-electron chi connectivity index (χ4n) is 4.16. The largest absolute Gasteiger partial charge is 0.497 e. The van der Waals surface area contributed by atoms with Crippen molar-refractivity contribution in [1.82, 2.24) is 10.6 Å². The number of nitrogens with one attached hydrogen (secondary N) is 2. The van der Waals surface area contributed by atoms with Crippen molar-refractivity contribution in [3.63, 3.8) is 0 Å². The van der Waals surface area contributed by atoms with E-state index < -0.39 is 5.60 Å². The van der Waals surface area contributed by atoms with Crippen LogP contribution in [0.1, 0.15) is 29.5 Å². The van der Waals surface area contributed by atoms with Crippen molar-refractivity contribution in [3.8, 4) is 5.75 Å². The number of hydrogen-bond acceptors (Lipinski definition) is 3. The summed E-state index contributed by atoms with van der Waals surface area (Å²) in [6.45, 7) is 0.604. The Morgan fingerprint density at radius 1 is 1.10 bits per heavy atom. The van der Waals surface area contributed by atoms with E-state index in [9.17, 15) is 9.90 Å². The van der Waals surface area contributed by atoms with Crippen molar-refractivity contribution in [2.24, 2.45) is 0 Å². The summed E-state index contributed by atoms with van der Waals surface area (Å²) >= 11 is 0. The maximum Gasteiger partial charge on any atom is 0.315 e. The van der Waals surface area contributed by atoms with Gasteiger partial charge in [0.05, 0.1) is 13.7 Å². The molecular formula is C24H26N2O3. The lowest BCUT2D eigenvalue weighted by Gasteiger charge is -2.34. The van der Waals surface area contributed by atoms with Gasteiger partial charge in [-0.1, -0.05) is 48.5 Å². The average molecular weight is 390 g/mol. The minimum absolute atomic E-state index is 0.174. The third-order valence-corrected chi connectivity index (χ3v) is 5.71. The van der Waals surface area contributed by atoms with E-state index in [0.717, 1.165) is 46.1 Å². The molecule has 0 aromatic heterocycles. The van der Waals surface area contributed by atoms with Gasteiger partial charge in [0.2, 0.25) is 0 Å². The first kappa shape index (κ1) is 19.3. The van der Waals surface area contributed by atoms with Crippen LogP contribution in [0.4, 0.5) is 4.79 Å². The third-order valence-electron chi connectivity index (χ3n) is 5.71. The molecule has 0 radical (unpaired) electrons. The van der Waals surface area contributed by atoms with Gasteiger partial charge in [0.1, 0.15) is 11.4 Å². The fraction of sp³-hybridized carbons (Fsp3) is 0.292. The third kappa shape index (κ3) is 4.05. The van der Waals surface area contributed by atoms with E-state index in [1.54, 1.807) is 7.11 Å². The maximum atomic E-state index is 12.4. The number of hydrogen-bond donors (Lipinski definition) is 3. The molecule has 0 saturated heterocycles. The predicted molar refractivity (Wildman–Crippen MR) is 114 cm³/mol. The van der Waals surface area contributed by atoms with Gasteiger partial charge in [0.15, 0.2) is 0 Å². The van der Waals surface area contributed by atoms with Gasteiger partial charge in [-0.25, -0.2) is 4.79 Å². The summed E-state index contributed by atoms with van der Waals surface area (Å²) in [7, 11) is 1.64. The molecule has 0 bridgehead atoms. The Kier molecular flexibility index (Phi) is 5.41. The van der Waals surface area contributed by atoms with E-state index in [0.29, 0.717) is 13.0 Å². The van der Waals surface area contributed by atoms with Crippen LogP contribution in [0.5, 0.6) is 5.75 Å². The number of benzene rings is 3. The number of rotatable bonds is 5. The van der Waals surface area contributed by atoms with Gasteiger partial charge in [-0.2, -0.15) is 0 Å². The highest BCUT2D eigenvalue weighted by Crippen LogP contribution is 2.36. The molecule has 3 aromatic rings. The minimum atomic E-state index is -1.06. The molecule has 0 spiro atoms. The van der Waals surface area contributed by atoms with Crippen LogP contribution in [0.3, 0.4) is 0 Å². The van der Waals surface area contributed by atoms with Crippen molar-refractivity contribution in [1.29, 1.82) is 0 Å². The van der Waals surface area contributed by atoms with Crippen molar-refractivity contribution in [2.75, 3.05) is 13.7 Å². The zero-order valence-corrected chi connectivity index (χ0v) is 16.6. The minimum Gasteiger partial charge on any atom is -0.497 e. The van der Waals surface area contributed by atoms with Gasteiger partial charge in [-0.15, -0.1) is 0 Å². The van der Waals surface area contributed by atoms with Crippen LogP contribution in [-0.4, -0.2) is 24.8 Å². The maximum absolute atomic E-state index is 12.4. The number of amides is 2. The monoisotopic (exact) mass is 390 g/mol. The summed E-state index contributed by atoms with van der Waals surface area (Å²) in [5, 5.41) is 19.2. The molecule has 1 aliphatic rings. The molecule has 0 saturated carbocycles. The van der Waals surface area contributed by atoms with Crippen molar-refractivity contribution in [3.05, 3.63) is 77.4 Å². The molecule has 29 heavy (non-hydrogen) atoms. The number of aryl methyl sites for hydroxylation is 1. The SMILES string of the molecule is COc1ccc2c(c1)CCCC2(O)CNC(=O)NCc1cccc2ccccc12. The van der Waals surface area contributed by atoms with Crippen molar-refractivity contribution < 1.29 is 14.6 Å². The second-order valence-electron chi connectivity index (χ2n) is 7.58. The number of fused-ring (bicyclic) bond motifs is 2. The van der Waals surface area contributed by atoms with Crippen LogP contribution >= 0.6 is 0 Å². The number of urea groups is 1. The van der Waals surface area contributed by atoms with Crippen LogP contribution in [0, 0.1) is 0 Å².